The molecule has 1 unspecified atom stereocenters. The van der Waals surface area contributed by atoms with Gasteiger partial charge in [0.1, 0.15) is 5.75 Å². The van der Waals surface area contributed by atoms with Gasteiger partial charge in [-0.05, 0) is 61.4 Å². The standard InChI is InChI=1S/C15H23BrN2O2/c1-5-18(6-2)15(19)11(3)20-14-8-7-12(10-17-4)9-13(14)16/h7-9,11,17H,5-6,10H2,1-4H3. The minimum absolute atomic E-state index is 0.0150. The van der Waals surface area contributed by atoms with Crippen molar-refractivity contribution >= 4 is 21.8 Å². The van der Waals surface area contributed by atoms with E-state index in [0.29, 0.717) is 18.8 Å². The first-order chi connectivity index (χ1) is 9.53. The molecular weight excluding hydrogens is 320 g/mol. The lowest BCUT2D eigenvalue weighted by Crippen LogP contribution is -2.40. The summed E-state index contributed by atoms with van der Waals surface area (Å²) in [5.74, 6) is 0.707. The molecule has 0 saturated carbocycles. The number of nitrogens with zero attached hydrogens (tertiary/aromatic N) is 1. The van der Waals surface area contributed by atoms with Crippen molar-refractivity contribution in [2.24, 2.45) is 0 Å². The SMILES string of the molecule is CCN(CC)C(=O)C(C)Oc1ccc(CNC)cc1Br. The molecule has 0 heterocycles. The Morgan fingerprint density at radius 3 is 2.55 bits per heavy atom. The Kier molecular flexibility index (Phi) is 7.02. The van der Waals surface area contributed by atoms with E-state index in [1.165, 1.54) is 0 Å². The van der Waals surface area contributed by atoms with Gasteiger partial charge in [0.25, 0.3) is 5.91 Å². The van der Waals surface area contributed by atoms with Crippen LogP contribution in [0.2, 0.25) is 0 Å². The molecule has 0 aliphatic carbocycles. The second-order valence-corrected chi connectivity index (χ2v) is 5.42. The average molecular weight is 343 g/mol. The van der Waals surface area contributed by atoms with Crippen LogP contribution in [0.15, 0.2) is 22.7 Å². The van der Waals surface area contributed by atoms with Crippen molar-refractivity contribution in [3.8, 4) is 5.75 Å². The molecule has 0 fully saturated rings. The van der Waals surface area contributed by atoms with Gasteiger partial charge in [0, 0.05) is 19.6 Å². The molecule has 0 aliphatic heterocycles. The minimum Gasteiger partial charge on any atom is -0.480 e. The predicted molar refractivity (Wildman–Crippen MR) is 84.9 cm³/mol. The molecule has 112 valence electrons. The summed E-state index contributed by atoms with van der Waals surface area (Å²) in [6.07, 6.45) is -0.485. The highest BCUT2D eigenvalue weighted by atomic mass is 79.9. The lowest BCUT2D eigenvalue weighted by atomic mass is 10.2. The van der Waals surface area contributed by atoms with Gasteiger partial charge < -0.3 is 15.0 Å². The Morgan fingerprint density at radius 2 is 2.05 bits per heavy atom. The summed E-state index contributed by atoms with van der Waals surface area (Å²) in [6.45, 7) is 7.92. The van der Waals surface area contributed by atoms with Gasteiger partial charge in [-0.3, -0.25) is 4.79 Å². The summed E-state index contributed by atoms with van der Waals surface area (Å²) in [5.41, 5.74) is 1.16. The van der Waals surface area contributed by atoms with E-state index in [-0.39, 0.29) is 5.91 Å². The van der Waals surface area contributed by atoms with Crippen LogP contribution >= 0.6 is 15.9 Å². The summed E-state index contributed by atoms with van der Waals surface area (Å²) in [6, 6.07) is 5.88. The molecule has 1 aromatic carbocycles. The highest BCUT2D eigenvalue weighted by Gasteiger charge is 2.20. The number of likely N-dealkylation sites (N-methyl/N-ethyl adjacent to an activating group) is 1. The molecule has 0 spiro atoms. The van der Waals surface area contributed by atoms with Gasteiger partial charge in [0.05, 0.1) is 4.47 Å². The van der Waals surface area contributed by atoms with Gasteiger partial charge in [0.2, 0.25) is 0 Å². The van der Waals surface area contributed by atoms with Crippen LogP contribution in [0.25, 0.3) is 0 Å². The maximum atomic E-state index is 12.2. The van der Waals surface area contributed by atoms with E-state index in [2.05, 4.69) is 21.2 Å². The zero-order valence-corrected chi connectivity index (χ0v) is 14.2. The molecule has 4 nitrogen and oxygen atoms in total. The van der Waals surface area contributed by atoms with Crippen molar-refractivity contribution in [3.05, 3.63) is 28.2 Å². The number of rotatable bonds is 7. The highest BCUT2D eigenvalue weighted by Crippen LogP contribution is 2.27. The smallest absolute Gasteiger partial charge is 0.263 e. The Labute approximate surface area is 129 Å². The number of amides is 1. The Morgan fingerprint density at radius 1 is 1.40 bits per heavy atom. The number of nitrogens with one attached hydrogen (secondary N) is 1. The van der Waals surface area contributed by atoms with Gasteiger partial charge in [-0.1, -0.05) is 6.07 Å². The summed E-state index contributed by atoms with van der Waals surface area (Å²) in [5, 5.41) is 3.10. The second-order valence-electron chi connectivity index (χ2n) is 4.57. The van der Waals surface area contributed by atoms with E-state index in [4.69, 9.17) is 4.74 Å². The summed E-state index contributed by atoms with van der Waals surface area (Å²) in [7, 11) is 1.91. The van der Waals surface area contributed by atoms with E-state index >= 15 is 0 Å². The molecule has 1 N–H and O–H groups in total. The van der Waals surface area contributed by atoms with Crippen molar-refractivity contribution in [1.82, 2.24) is 10.2 Å². The highest BCUT2D eigenvalue weighted by molar-refractivity contribution is 9.10. The zero-order chi connectivity index (χ0) is 15.1. The first-order valence-electron chi connectivity index (χ1n) is 6.91. The summed E-state index contributed by atoms with van der Waals surface area (Å²) < 4.78 is 6.63. The monoisotopic (exact) mass is 342 g/mol. The largest absolute Gasteiger partial charge is 0.480 e. The van der Waals surface area contributed by atoms with Crippen LogP contribution in [0.1, 0.15) is 26.3 Å². The lowest BCUT2D eigenvalue weighted by molar-refractivity contribution is -0.137. The molecule has 0 aliphatic rings. The first kappa shape index (κ1) is 17.0. The maximum absolute atomic E-state index is 12.2. The van der Waals surface area contributed by atoms with Crippen LogP contribution in [-0.2, 0) is 11.3 Å². The van der Waals surface area contributed by atoms with Crippen molar-refractivity contribution in [2.45, 2.75) is 33.4 Å². The van der Waals surface area contributed by atoms with E-state index in [1.807, 2.05) is 39.1 Å². The second kappa shape index (κ2) is 8.27. The van der Waals surface area contributed by atoms with Crippen molar-refractivity contribution < 1.29 is 9.53 Å². The van der Waals surface area contributed by atoms with Gasteiger partial charge in [-0.2, -0.15) is 0 Å². The van der Waals surface area contributed by atoms with Gasteiger partial charge in [0.15, 0.2) is 6.10 Å². The van der Waals surface area contributed by atoms with Gasteiger partial charge >= 0.3 is 0 Å². The van der Waals surface area contributed by atoms with Crippen LogP contribution in [0.3, 0.4) is 0 Å². The maximum Gasteiger partial charge on any atom is 0.263 e. The molecule has 1 aromatic rings. The zero-order valence-electron chi connectivity index (χ0n) is 12.6. The molecule has 1 amide bonds. The molecule has 0 saturated heterocycles. The van der Waals surface area contributed by atoms with E-state index in [9.17, 15) is 4.79 Å². The fourth-order valence-electron chi connectivity index (χ4n) is 1.99. The average Bonchev–Trinajstić information content (AvgIpc) is 2.43. The summed E-state index contributed by atoms with van der Waals surface area (Å²) >= 11 is 3.49. The number of benzene rings is 1. The fraction of sp³-hybridized carbons (Fsp3) is 0.533. The van der Waals surface area contributed by atoms with Crippen LogP contribution in [0.4, 0.5) is 0 Å². The van der Waals surface area contributed by atoms with Gasteiger partial charge in [-0.25, -0.2) is 0 Å². The topological polar surface area (TPSA) is 41.6 Å². The molecule has 20 heavy (non-hydrogen) atoms. The Balaban J connectivity index is 2.75. The third kappa shape index (κ3) is 4.49. The third-order valence-corrected chi connectivity index (χ3v) is 3.72. The molecule has 0 bridgehead atoms. The van der Waals surface area contributed by atoms with Crippen LogP contribution in [0, 0.1) is 0 Å². The normalized spacial score (nSPS) is 12.1. The fourth-order valence-corrected chi connectivity index (χ4v) is 2.51. The van der Waals surface area contributed by atoms with Crippen LogP contribution in [0.5, 0.6) is 5.75 Å². The van der Waals surface area contributed by atoms with E-state index < -0.39 is 6.10 Å². The predicted octanol–water partition coefficient (Wildman–Crippen LogP) is 2.80. The van der Waals surface area contributed by atoms with E-state index in [1.54, 1.807) is 11.8 Å². The Bertz CT molecular complexity index is 447. The van der Waals surface area contributed by atoms with Crippen molar-refractivity contribution in [2.75, 3.05) is 20.1 Å². The van der Waals surface area contributed by atoms with Crippen molar-refractivity contribution in [3.63, 3.8) is 0 Å². The van der Waals surface area contributed by atoms with Gasteiger partial charge in [-0.15, -0.1) is 0 Å². The number of halogens is 1. The van der Waals surface area contributed by atoms with E-state index in [0.717, 1.165) is 16.6 Å². The molecule has 1 atom stereocenters. The Hall–Kier alpha value is -1.07. The number of hydrogen-bond donors (Lipinski definition) is 1. The molecule has 0 radical (unpaired) electrons. The summed E-state index contributed by atoms with van der Waals surface area (Å²) in [4.78, 5) is 13.9. The molecule has 1 rings (SSSR count). The molecule has 5 heteroatoms. The molecular formula is C15H23BrN2O2. The van der Waals surface area contributed by atoms with Crippen LogP contribution < -0.4 is 10.1 Å². The number of carbonyl (C=O) groups excluding carboxylic acids is 1. The minimum atomic E-state index is -0.485. The first-order valence-corrected chi connectivity index (χ1v) is 7.71. The quantitative estimate of drug-likeness (QED) is 0.828. The lowest BCUT2D eigenvalue weighted by Gasteiger charge is -2.23. The number of ether oxygens (including phenoxy) is 1. The molecule has 0 aromatic heterocycles. The van der Waals surface area contributed by atoms with Crippen LogP contribution in [-0.4, -0.2) is 37.0 Å². The van der Waals surface area contributed by atoms with Crippen molar-refractivity contribution in [1.29, 1.82) is 0 Å². The number of carbonyl (C=O) groups is 1. The number of hydrogen-bond acceptors (Lipinski definition) is 3. The third-order valence-electron chi connectivity index (χ3n) is 3.10.